The van der Waals surface area contributed by atoms with Gasteiger partial charge in [0, 0.05) is 37.3 Å². The van der Waals surface area contributed by atoms with Gasteiger partial charge in [0.2, 0.25) is 0 Å². The van der Waals surface area contributed by atoms with Crippen LogP contribution in [0.4, 0.5) is 0 Å². The lowest BCUT2D eigenvalue weighted by Crippen LogP contribution is -2.68. The summed E-state index contributed by atoms with van der Waals surface area (Å²) in [6.45, 7) is 12.4. The molecule has 1 aliphatic carbocycles. The van der Waals surface area contributed by atoms with E-state index in [2.05, 4.69) is 37.9 Å². The van der Waals surface area contributed by atoms with Crippen molar-refractivity contribution < 1.29 is 4.74 Å². The van der Waals surface area contributed by atoms with Gasteiger partial charge in [0.25, 0.3) is 0 Å². The van der Waals surface area contributed by atoms with Crippen LogP contribution in [0, 0.1) is 5.92 Å². The monoisotopic (exact) mass is 254 g/mol. The van der Waals surface area contributed by atoms with Crippen molar-refractivity contribution in [3.8, 4) is 0 Å². The molecule has 2 unspecified atom stereocenters. The van der Waals surface area contributed by atoms with Gasteiger partial charge < -0.3 is 10.1 Å². The quantitative estimate of drug-likeness (QED) is 0.814. The number of hydrogen-bond donors (Lipinski definition) is 1. The van der Waals surface area contributed by atoms with Crippen LogP contribution in [0.1, 0.15) is 47.0 Å². The van der Waals surface area contributed by atoms with E-state index in [4.69, 9.17) is 4.74 Å². The van der Waals surface area contributed by atoms with Crippen LogP contribution < -0.4 is 5.32 Å². The van der Waals surface area contributed by atoms with Gasteiger partial charge in [0.1, 0.15) is 0 Å². The SMILES string of the molecule is CCC1CNC(C)(C2CC2)CN1C(C)(C)COC. The van der Waals surface area contributed by atoms with Crippen molar-refractivity contribution in [2.24, 2.45) is 5.92 Å². The molecule has 2 aliphatic rings. The molecule has 2 fully saturated rings. The number of nitrogens with one attached hydrogen (secondary N) is 1. The first kappa shape index (κ1) is 14.3. The largest absolute Gasteiger partial charge is 0.383 e. The second-order valence-electron chi connectivity index (χ2n) is 7.01. The summed E-state index contributed by atoms with van der Waals surface area (Å²) in [7, 11) is 1.81. The third kappa shape index (κ3) is 2.73. The smallest absolute Gasteiger partial charge is 0.0641 e. The molecule has 1 aliphatic heterocycles. The van der Waals surface area contributed by atoms with Crippen molar-refractivity contribution in [3.63, 3.8) is 0 Å². The normalized spacial score (nSPS) is 34.8. The average Bonchev–Trinajstić information content (AvgIpc) is 3.13. The van der Waals surface area contributed by atoms with Gasteiger partial charge in [-0.05, 0) is 46.0 Å². The fourth-order valence-corrected chi connectivity index (χ4v) is 3.50. The number of piperazine rings is 1. The molecule has 1 N–H and O–H groups in total. The highest BCUT2D eigenvalue weighted by atomic mass is 16.5. The fourth-order valence-electron chi connectivity index (χ4n) is 3.50. The maximum absolute atomic E-state index is 5.43. The van der Waals surface area contributed by atoms with Crippen molar-refractivity contribution in [2.75, 3.05) is 26.8 Å². The zero-order valence-electron chi connectivity index (χ0n) is 12.8. The van der Waals surface area contributed by atoms with Gasteiger partial charge in [-0.1, -0.05) is 6.92 Å². The molecule has 0 aromatic carbocycles. The molecule has 2 atom stereocenters. The van der Waals surface area contributed by atoms with Crippen LogP contribution in [-0.4, -0.2) is 48.8 Å². The fraction of sp³-hybridized carbons (Fsp3) is 1.00. The van der Waals surface area contributed by atoms with E-state index in [0.717, 1.165) is 25.6 Å². The van der Waals surface area contributed by atoms with Crippen LogP contribution >= 0.6 is 0 Å². The average molecular weight is 254 g/mol. The maximum atomic E-state index is 5.43. The molecular formula is C15H30N2O. The van der Waals surface area contributed by atoms with E-state index in [0.29, 0.717) is 11.6 Å². The number of rotatable bonds is 5. The van der Waals surface area contributed by atoms with Crippen LogP contribution in [0.2, 0.25) is 0 Å². The van der Waals surface area contributed by atoms with Gasteiger partial charge >= 0.3 is 0 Å². The Morgan fingerprint density at radius 3 is 2.56 bits per heavy atom. The lowest BCUT2D eigenvalue weighted by molar-refractivity contribution is -0.0386. The topological polar surface area (TPSA) is 24.5 Å². The molecule has 0 spiro atoms. The summed E-state index contributed by atoms with van der Waals surface area (Å²) in [5.74, 6) is 0.885. The van der Waals surface area contributed by atoms with E-state index >= 15 is 0 Å². The summed E-state index contributed by atoms with van der Waals surface area (Å²) >= 11 is 0. The van der Waals surface area contributed by atoms with Crippen molar-refractivity contribution >= 4 is 0 Å². The molecule has 1 saturated carbocycles. The molecule has 2 rings (SSSR count). The Morgan fingerprint density at radius 1 is 1.39 bits per heavy atom. The summed E-state index contributed by atoms with van der Waals surface area (Å²) in [5.41, 5.74) is 0.449. The molecule has 3 heteroatoms. The van der Waals surface area contributed by atoms with Gasteiger partial charge in [0.15, 0.2) is 0 Å². The van der Waals surface area contributed by atoms with E-state index < -0.39 is 0 Å². The highest BCUT2D eigenvalue weighted by Gasteiger charge is 2.48. The zero-order valence-corrected chi connectivity index (χ0v) is 12.8. The van der Waals surface area contributed by atoms with E-state index in [1.54, 1.807) is 0 Å². The lowest BCUT2D eigenvalue weighted by atomic mass is 9.86. The molecule has 0 amide bonds. The summed E-state index contributed by atoms with van der Waals surface area (Å²) in [5, 5.41) is 3.82. The molecule has 0 bridgehead atoms. The Kier molecular flexibility index (Phi) is 4.05. The summed E-state index contributed by atoms with van der Waals surface area (Å²) < 4.78 is 5.43. The molecule has 0 aromatic rings. The third-order valence-electron chi connectivity index (χ3n) is 4.91. The summed E-state index contributed by atoms with van der Waals surface area (Å²) in [6, 6.07) is 0.641. The van der Waals surface area contributed by atoms with Gasteiger partial charge in [-0.3, -0.25) is 4.90 Å². The Hall–Kier alpha value is -0.120. The maximum Gasteiger partial charge on any atom is 0.0641 e. The Bertz CT molecular complexity index is 288. The Labute approximate surface area is 112 Å². The van der Waals surface area contributed by atoms with Crippen molar-refractivity contribution in [1.29, 1.82) is 0 Å². The number of nitrogens with zero attached hydrogens (tertiary/aromatic N) is 1. The standard InChI is InChI=1S/C15H30N2O/c1-6-13-9-16-15(4,12-7-8-12)10-17(13)14(2,3)11-18-5/h12-13,16H,6-11H2,1-5H3. The van der Waals surface area contributed by atoms with Crippen LogP contribution in [0.3, 0.4) is 0 Å². The summed E-state index contributed by atoms with van der Waals surface area (Å²) in [6.07, 6.45) is 4.01. The van der Waals surface area contributed by atoms with E-state index in [1.807, 2.05) is 7.11 Å². The molecule has 18 heavy (non-hydrogen) atoms. The highest BCUT2D eigenvalue weighted by Crippen LogP contribution is 2.42. The predicted molar refractivity (Wildman–Crippen MR) is 75.9 cm³/mol. The molecule has 0 radical (unpaired) electrons. The number of ether oxygens (including phenoxy) is 1. The summed E-state index contributed by atoms with van der Waals surface area (Å²) in [4.78, 5) is 2.69. The van der Waals surface area contributed by atoms with Gasteiger partial charge in [0.05, 0.1) is 6.61 Å². The zero-order chi connectivity index (χ0) is 13.4. The van der Waals surface area contributed by atoms with E-state index in [-0.39, 0.29) is 5.54 Å². The van der Waals surface area contributed by atoms with Crippen molar-refractivity contribution in [2.45, 2.75) is 64.1 Å². The first-order chi connectivity index (χ1) is 8.43. The van der Waals surface area contributed by atoms with E-state index in [9.17, 15) is 0 Å². The third-order valence-corrected chi connectivity index (χ3v) is 4.91. The van der Waals surface area contributed by atoms with Gasteiger partial charge in [-0.25, -0.2) is 0 Å². The predicted octanol–water partition coefficient (Wildman–Crippen LogP) is 2.26. The van der Waals surface area contributed by atoms with Crippen LogP contribution in [0.25, 0.3) is 0 Å². The molecule has 3 nitrogen and oxygen atoms in total. The molecule has 0 aromatic heterocycles. The van der Waals surface area contributed by atoms with Crippen LogP contribution in [-0.2, 0) is 4.74 Å². The second-order valence-corrected chi connectivity index (χ2v) is 7.01. The Balaban J connectivity index is 2.12. The van der Waals surface area contributed by atoms with E-state index in [1.165, 1.54) is 19.3 Å². The Morgan fingerprint density at radius 2 is 2.06 bits per heavy atom. The van der Waals surface area contributed by atoms with Crippen LogP contribution in [0.15, 0.2) is 0 Å². The minimum Gasteiger partial charge on any atom is -0.383 e. The highest BCUT2D eigenvalue weighted by molar-refractivity contribution is 5.06. The van der Waals surface area contributed by atoms with Gasteiger partial charge in [-0.2, -0.15) is 0 Å². The first-order valence-corrected chi connectivity index (χ1v) is 7.43. The molecule has 1 saturated heterocycles. The molecule has 106 valence electrons. The number of hydrogen-bond acceptors (Lipinski definition) is 3. The van der Waals surface area contributed by atoms with Crippen LogP contribution in [0.5, 0.6) is 0 Å². The van der Waals surface area contributed by atoms with Gasteiger partial charge in [-0.15, -0.1) is 0 Å². The number of methoxy groups -OCH3 is 1. The molecular weight excluding hydrogens is 224 g/mol. The second kappa shape index (κ2) is 5.10. The minimum absolute atomic E-state index is 0.133. The molecule has 1 heterocycles. The van der Waals surface area contributed by atoms with Crippen molar-refractivity contribution in [1.82, 2.24) is 10.2 Å². The minimum atomic E-state index is 0.133. The first-order valence-electron chi connectivity index (χ1n) is 7.43. The van der Waals surface area contributed by atoms with Crippen molar-refractivity contribution in [3.05, 3.63) is 0 Å². The lowest BCUT2D eigenvalue weighted by Gasteiger charge is -2.52.